The summed E-state index contributed by atoms with van der Waals surface area (Å²) in [5.74, 6) is -0.888. The van der Waals surface area contributed by atoms with Crippen molar-refractivity contribution >= 4 is 21.6 Å². The van der Waals surface area contributed by atoms with Crippen molar-refractivity contribution < 1.29 is 12.8 Å². The maximum atomic E-state index is 13.4. The summed E-state index contributed by atoms with van der Waals surface area (Å²) in [7, 11) is -3.88. The Bertz CT molecular complexity index is 494. The van der Waals surface area contributed by atoms with Crippen molar-refractivity contribution in [3.8, 4) is 0 Å². The van der Waals surface area contributed by atoms with E-state index in [1.165, 1.54) is 0 Å². The Morgan fingerprint density at radius 3 is 2.44 bits per heavy atom. The van der Waals surface area contributed by atoms with Crippen molar-refractivity contribution in [3.05, 3.63) is 29.0 Å². The van der Waals surface area contributed by atoms with Crippen molar-refractivity contribution in [2.75, 3.05) is 0 Å². The van der Waals surface area contributed by atoms with Crippen LogP contribution < -0.4 is 4.72 Å². The molecule has 0 saturated carbocycles. The lowest BCUT2D eigenvalue weighted by atomic mass is 10.1. The van der Waals surface area contributed by atoms with Gasteiger partial charge < -0.3 is 0 Å². The molecule has 0 fully saturated rings. The van der Waals surface area contributed by atoms with Gasteiger partial charge in [0.2, 0.25) is 10.0 Å². The first-order valence-electron chi connectivity index (χ1n) is 4.52. The number of benzene rings is 1. The second-order valence-electron chi connectivity index (χ2n) is 4.35. The lowest BCUT2D eigenvalue weighted by Crippen LogP contribution is -2.40. The zero-order valence-corrected chi connectivity index (χ0v) is 10.7. The van der Waals surface area contributed by atoms with Crippen LogP contribution in [0.3, 0.4) is 0 Å². The zero-order valence-electron chi connectivity index (χ0n) is 9.14. The highest BCUT2D eigenvalue weighted by atomic mass is 35.5. The molecule has 0 aliphatic heterocycles. The number of rotatable bonds is 2. The molecule has 1 aromatic carbocycles. The van der Waals surface area contributed by atoms with Crippen LogP contribution >= 0.6 is 11.6 Å². The third kappa shape index (κ3) is 3.43. The molecule has 0 atom stereocenters. The summed E-state index contributed by atoms with van der Waals surface area (Å²) in [5, 5.41) is 0.0345. The average Bonchev–Trinajstić information content (AvgIpc) is 1.97. The molecule has 0 bridgehead atoms. The molecule has 0 aliphatic rings. The Balaban J connectivity index is 3.18. The van der Waals surface area contributed by atoms with Crippen LogP contribution in [0.4, 0.5) is 4.39 Å². The molecular weight excluding hydrogens is 253 g/mol. The van der Waals surface area contributed by atoms with Gasteiger partial charge in [-0.25, -0.2) is 17.5 Å². The Morgan fingerprint density at radius 1 is 1.44 bits per heavy atom. The van der Waals surface area contributed by atoms with E-state index < -0.39 is 26.3 Å². The highest BCUT2D eigenvalue weighted by Gasteiger charge is 2.24. The number of sulfonamides is 1. The Hall–Kier alpha value is -0.650. The second-order valence-corrected chi connectivity index (χ2v) is 6.41. The van der Waals surface area contributed by atoms with Crippen LogP contribution in [0.5, 0.6) is 0 Å². The van der Waals surface area contributed by atoms with Crippen LogP contribution in [0, 0.1) is 11.9 Å². The van der Waals surface area contributed by atoms with E-state index in [0.717, 1.165) is 12.1 Å². The first kappa shape index (κ1) is 13.4. The van der Waals surface area contributed by atoms with Gasteiger partial charge in [-0.3, -0.25) is 0 Å². The van der Waals surface area contributed by atoms with E-state index in [2.05, 4.69) is 10.8 Å². The molecule has 1 rings (SSSR count). The first-order chi connectivity index (χ1) is 7.12. The van der Waals surface area contributed by atoms with E-state index in [4.69, 9.17) is 11.6 Å². The van der Waals surface area contributed by atoms with E-state index in [1.54, 1.807) is 20.8 Å². The SMILES string of the molecule is CC(C)(C)NS(=O)(=O)c1c[c]c(Cl)cc1F. The van der Waals surface area contributed by atoms with Crippen LogP contribution in [0.2, 0.25) is 5.02 Å². The molecule has 16 heavy (non-hydrogen) atoms. The Morgan fingerprint density at radius 2 is 2.00 bits per heavy atom. The van der Waals surface area contributed by atoms with Crippen LogP contribution in [0.1, 0.15) is 20.8 Å². The molecule has 89 valence electrons. The van der Waals surface area contributed by atoms with Crippen LogP contribution in [0.25, 0.3) is 0 Å². The monoisotopic (exact) mass is 264 g/mol. The van der Waals surface area contributed by atoms with E-state index in [0.29, 0.717) is 0 Å². The number of hydrogen-bond acceptors (Lipinski definition) is 2. The molecule has 0 saturated heterocycles. The second kappa shape index (κ2) is 4.31. The predicted molar refractivity (Wildman–Crippen MR) is 60.3 cm³/mol. The molecule has 0 amide bonds. The van der Waals surface area contributed by atoms with Gasteiger partial charge in [0, 0.05) is 11.6 Å². The average molecular weight is 265 g/mol. The maximum Gasteiger partial charge on any atom is 0.243 e. The lowest BCUT2D eigenvalue weighted by molar-refractivity contribution is 0.486. The quantitative estimate of drug-likeness (QED) is 0.891. The lowest BCUT2D eigenvalue weighted by Gasteiger charge is -2.20. The minimum absolute atomic E-state index is 0.0345. The fourth-order valence-electron chi connectivity index (χ4n) is 1.09. The highest BCUT2D eigenvalue weighted by molar-refractivity contribution is 7.89. The van der Waals surface area contributed by atoms with E-state index in [9.17, 15) is 12.8 Å². The van der Waals surface area contributed by atoms with Crippen molar-refractivity contribution in [2.45, 2.75) is 31.2 Å². The third-order valence-electron chi connectivity index (χ3n) is 1.56. The summed E-state index contributed by atoms with van der Waals surface area (Å²) in [6.45, 7) is 5.01. The number of hydrogen-bond donors (Lipinski definition) is 1. The predicted octanol–water partition coefficient (Wildman–Crippen LogP) is 2.36. The van der Waals surface area contributed by atoms with Gasteiger partial charge in [0.15, 0.2) is 0 Å². The minimum Gasteiger partial charge on any atom is -0.207 e. The van der Waals surface area contributed by atoms with Crippen molar-refractivity contribution in [1.82, 2.24) is 4.72 Å². The molecule has 1 aromatic rings. The first-order valence-corrected chi connectivity index (χ1v) is 6.39. The third-order valence-corrected chi connectivity index (χ3v) is 3.55. The Kier molecular flexibility index (Phi) is 3.62. The highest BCUT2D eigenvalue weighted by Crippen LogP contribution is 2.19. The van der Waals surface area contributed by atoms with Crippen LogP contribution in [0.15, 0.2) is 17.0 Å². The minimum atomic E-state index is -3.88. The van der Waals surface area contributed by atoms with E-state index in [1.807, 2.05) is 0 Å². The standard InChI is InChI=1S/C10H12ClFNO2S/c1-10(2,3)13-16(14,15)9-5-4-7(11)6-8(9)12/h5-6,13H,1-3H3. The molecular formula is C10H12ClFNO2S. The zero-order chi connectivity index (χ0) is 12.6. The smallest absolute Gasteiger partial charge is 0.207 e. The molecule has 6 heteroatoms. The molecule has 0 spiro atoms. The molecule has 3 nitrogen and oxygen atoms in total. The van der Waals surface area contributed by atoms with Crippen molar-refractivity contribution in [1.29, 1.82) is 0 Å². The summed E-state index contributed by atoms with van der Waals surface area (Å²) in [4.78, 5) is -0.452. The largest absolute Gasteiger partial charge is 0.243 e. The fraction of sp³-hybridized carbons (Fsp3) is 0.400. The molecule has 0 aromatic heterocycles. The van der Waals surface area contributed by atoms with Gasteiger partial charge in [0.1, 0.15) is 10.7 Å². The van der Waals surface area contributed by atoms with Gasteiger partial charge in [-0.1, -0.05) is 11.6 Å². The van der Waals surface area contributed by atoms with Crippen LogP contribution in [-0.4, -0.2) is 14.0 Å². The molecule has 1 N–H and O–H groups in total. The summed E-state index contributed by atoms with van der Waals surface area (Å²) >= 11 is 5.49. The molecule has 0 unspecified atom stereocenters. The molecule has 1 radical (unpaired) electrons. The van der Waals surface area contributed by atoms with Crippen molar-refractivity contribution in [3.63, 3.8) is 0 Å². The topological polar surface area (TPSA) is 46.2 Å². The number of halogens is 2. The fourth-order valence-corrected chi connectivity index (χ4v) is 2.69. The maximum absolute atomic E-state index is 13.4. The van der Waals surface area contributed by atoms with Gasteiger partial charge in [-0.05, 0) is 32.9 Å². The van der Waals surface area contributed by atoms with Crippen molar-refractivity contribution in [2.24, 2.45) is 0 Å². The normalized spacial score (nSPS) is 12.8. The van der Waals surface area contributed by atoms with Gasteiger partial charge in [-0.15, -0.1) is 0 Å². The Labute approximate surface area is 99.7 Å². The summed E-state index contributed by atoms with van der Waals surface area (Å²) in [6, 6.07) is 4.37. The van der Waals surface area contributed by atoms with E-state index in [-0.39, 0.29) is 5.02 Å². The molecule has 0 aliphatic carbocycles. The summed E-state index contributed by atoms with van der Waals surface area (Å²) < 4.78 is 39.3. The summed E-state index contributed by atoms with van der Waals surface area (Å²) in [6.07, 6.45) is 0. The van der Waals surface area contributed by atoms with Gasteiger partial charge in [0.05, 0.1) is 5.02 Å². The van der Waals surface area contributed by atoms with Gasteiger partial charge >= 0.3 is 0 Å². The van der Waals surface area contributed by atoms with E-state index >= 15 is 0 Å². The van der Waals surface area contributed by atoms with Gasteiger partial charge in [-0.2, -0.15) is 0 Å². The summed E-state index contributed by atoms with van der Waals surface area (Å²) in [5.41, 5.74) is -0.676. The van der Waals surface area contributed by atoms with Crippen LogP contribution in [-0.2, 0) is 10.0 Å². The number of nitrogens with one attached hydrogen (secondary N) is 1. The molecule has 0 heterocycles. The van der Waals surface area contributed by atoms with Gasteiger partial charge in [0.25, 0.3) is 0 Å².